The highest BCUT2D eigenvalue weighted by molar-refractivity contribution is 6.32. The van der Waals surface area contributed by atoms with Gasteiger partial charge in [-0.1, -0.05) is 11.6 Å². The van der Waals surface area contributed by atoms with Crippen LogP contribution in [0.3, 0.4) is 0 Å². The summed E-state index contributed by atoms with van der Waals surface area (Å²) in [6.45, 7) is 5.13. The second-order valence-electron chi connectivity index (χ2n) is 4.84. The van der Waals surface area contributed by atoms with Crippen molar-refractivity contribution in [1.29, 1.82) is 0 Å². The summed E-state index contributed by atoms with van der Waals surface area (Å²) in [5.41, 5.74) is -0.805. The van der Waals surface area contributed by atoms with Crippen molar-refractivity contribution in [2.45, 2.75) is 26.4 Å². The fourth-order valence-electron chi connectivity index (χ4n) is 1.29. The van der Waals surface area contributed by atoms with Crippen molar-refractivity contribution in [3.8, 4) is 5.88 Å². The molecule has 1 aromatic rings. The maximum Gasteiger partial charge on any atom is 0.414 e. The van der Waals surface area contributed by atoms with Gasteiger partial charge in [0.25, 0.3) is 0 Å². The van der Waals surface area contributed by atoms with Crippen molar-refractivity contribution in [2.75, 3.05) is 19.5 Å². The lowest BCUT2D eigenvalue weighted by molar-refractivity contribution is 0.0594. The fraction of sp³-hybridized carbons (Fsp3) is 0.500. The summed E-state index contributed by atoms with van der Waals surface area (Å²) in [6.07, 6.45) is -0.758. The normalized spacial score (nSPS) is 10.8. The zero-order chi connectivity index (χ0) is 16.2. The molecule has 1 N–H and O–H groups in total. The fourth-order valence-corrected chi connectivity index (χ4v) is 1.52. The van der Waals surface area contributed by atoms with E-state index >= 15 is 0 Å². The minimum Gasteiger partial charge on any atom is -0.480 e. The van der Waals surface area contributed by atoms with E-state index in [1.54, 1.807) is 20.8 Å². The van der Waals surface area contributed by atoms with Gasteiger partial charge in [0.15, 0.2) is 10.7 Å². The number of methoxy groups -OCH3 is 2. The number of carbonyl (C=O) groups is 2. The largest absolute Gasteiger partial charge is 0.480 e. The molecule has 1 amide bonds. The molecule has 0 aromatic carbocycles. The van der Waals surface area contributed by atoms with Gasteiger partial charge in [0.05, 0.1) is 14.2 Å². The minimum absolute atomic E-state index is 0.118. The second-order valence-corrected chi connectivity index (χ2v) is 5.20. The molecule has 116 valence electrons. The van der Waals surface area contributed by atoms with E-state index < -0.39 is 17.7 Å². The van der Waals surface area contributed by atoms with Crippen LogP contribution in [0, 0.1) is 0 Å². The zero-order valence-electron chi connectivity index (χ0n) is 12.3. The van der Waals surface area contributed by atoms with Crippen LogP contribution in [0.25, 0.3) is 0 Å². The monoisotopic (exact) mass is 317 g/mol. The van der Waals surface area contributed by atoms with Gasteiger partial charge in [-0.05, 0) is 20.8 Å². The highest BCUT2D eigenvalue weighted by Gasteiger charge is 2.23. The molecule has 0 aliphatic carbocycles. The summed E-state index contributed by atoms with van der Waals surface area (Å²) in [4.78, 5) is 30.8. The average molecular weight is 318 g/mol. The van der Waals surface area contributed by atoms with E-state index in [0.29, 0.717) is 0 Å². The minimum atomic E-state index is -0.758. The topological polar surface area (TPSA) is 99.6 Å². The Morgan fingerprint density at radius 3 is 2.29 bits per heavy atom. The molecular weight excluding hydrogens is 302 g/mol. The summed E-state index contributed by atoms with van der Waals surface area (Å²) < 4.78 is 14.5. The van der Waals surface area contributed by atoms with Crippen LogP contribution in [0.1, 0.15) is 31.1 Å². The summed E-state index contributed by atoms with van der Waals surface area (Å²) in [5, 5.41) is 2.09. The Balaban J connectivity index is 3.04. The molecule has 1 rings (SSSR count). The number of halogens is 1. The number of amides is 1. The number of hydrogen-bond acceptors (Lipinski definition) is 7. The highest BCUT2D eigenvalue weighted by Crippen LogP contribution is 2.25. The van der Waals surface area contributed by atoms with Gasteiger partial charge in [0.1, 0.15) is 5.60 Å². The van der Waals surface area contributed by atoms with Gasteiger partial charge in [0.2, 0.25) is 11.8 Å². The number of aromatic nitrogens is 2. The van der Waals surface area contributed by atoms with E-state index in [9.17, 15) is 9.59 Å². The van der Waals surface area contributed by atoms with Gasteiger partial charge in [-0.25, -0.2) is 9.59 Å². The third kappa shape index (κ3) is 4.75. The highest BCUT2D eigenvalue weighted by atomic mass is 35.5. The molecular formula is C12H16ClN3O5. The van der Waals surface area contributed by atoms with Gasteiger partial charge >= 0.3 is 12.1 Å². The lowest BCUT2D eigenvalue weighted by Gasteiger charge is -2.19. The van der Waals surface area contributed by atoms with Crippen molar-refractivity contribution >= 4 is 29.6 Å². The molecule has 0 spiro atoms. The molecule has 0 atom stereocenters. The standard InChI is InChI=1S/C12H16ClN3O5/c1-12(2,3)21-11(18)16-10-14-7(13)6(9(17)20-5)8(15-10)19-4/h1-5H3,(H,14,15,16,18). The Morgan fingerprint density at radius 1 is 1.19 bits per heavy atom. The Hall–Kier alpha value is -2.09. The van der Waals surface area contributed by atoms with Crippen molar-refractivity contribution < 1.29 is 23.8 Å². The average Bonchev–Trinajstić information content (AvgIpc) is 2.34. The first-order valence-electron chi connectivity index (χ1n) is 5.87. The van der Waals surface area contributed by atoms with Crippen molar-refractivity contribution in [3.05, 3.63) is 10.7 Å². The number of nitrogens with zero attached hydrogens (tertiary/aromatic N) is 2. The third-order valence-electron chi connectivity index (χ3n) is 2.03. The Bertz CT molecular complexity index is 557. The van der Waals surface area contributed by atoms with Crippen LogP contribution >= 0.6 is 11.6 Å². The lowest BCUT2D eigenvalue weighted by atomic mass is 10.2. The molecule has 1 heterocycles. The molecule has 0 aliphatic rings. The summed E-state index contributed by atoms with van der Waals surface area (Å²) in [5.74, 6) is -1.02. The maximum absolute atomic E-state index is 11.6. The van der Waals surface area contributed by atoms with Crippen LogP contribution in [-0.2, 0) is 9.47 Å². The van der Waals surface area contributed by atoms with E-state index in [1.165, 1.54) is 14.2 Å². The Morgan fingerprint density at radius 2 is 1.81 bits per heavy atom. The van der Waals surface area contributed by atoms with Crippen LogP contribution < -0.4 is 10.1 Å². The second kappa shape index (κ2) is 6.57. The maximum atomic E-state index is 11.6. The predicted octanol–water partition coefficient (Wildman–Crippen LogP) is 2.27. The SMILES string of the molecule is COC(=O)c1c(Cl)nc(NC(=O)OC(C)(C)C)nc1OC. The third-order valence-corrected chi connectivity index (χ3v) is 2.30. The number of carbonyl (C=O) groups excluding carboxylic acids is 2. The molecule has 0 saturated carbocycles. The Labute approximate surface area is 126 Å². The van der Waals surface area contributed by atoms with Crippen molar-refractivity contribution in [2.24, 2.45) is 0 Å². The van der Waals surface area contributed by atoms with E-state index in [1.807, 2.05) is 0 Å². The summed E-state index contributed by atoms with van der Waals surface area (Å²) in [6, 6.07) is 0. The van der Waals surface area contributed by atoms with E-state index in [2.05, 4.69) is 20.0 Å². The number of esters is 1. The van der Waals surface area contributed by atoms with Crippen molar-refractivity contribution in [3.63, 3.8) is 0 Å². The quantitative estimate of drug-likeness (QED) is 0.674. The number of ether oxygens (including phenoxy) is 3. The number of rotatable bonds is 3. The first kappa shape index (κ1) is 17.0. The van der Waals surface area contributed by atoms with Crippen LogP contribution in [-0.4, -0.2) is 41.9 Å². The molecule has 0 aliphatic heterocycles. The first-order valence-corrected chi connectivity index (χ1v) is 6.25. The van der Waals surface area contributed by atoms with Crippen LogP contribution in [0.4, 0.5) is 10.7 Å². The predicted molar refractivity (Wildman–Crippen MR) is 74.8 cm³/mol. The zero-order valence-corrected chi connectivity index (χ0v) is 13.1. The van der Waals surface area contributed by atoms with Gasteiger partial charge in [-0.2, -0.15) is 9.97 Å². The van der Waals surface area contributed by atoms with E-state index in [-0.39, 0.29) is 22.5 Å². The van der Waals surface area contributed by atoms with Crippen LogP contribution in [0.2, 0.25) is 5.15 Å². The van der Waals surface area contributed by atoms with Gasteiger partial charge in [-0.3, -0.25) is 5.32 Å². The van der Waals surface area contributed by atoms with E-state index in [0.717, 1.165) is 0 Å². The number of hydrogen-bond donors (Lipinski definition) is 1. The van der Waals surface area contributed by atoms with Gasteiger partial charge < -0.3 is 14.2 Å². The number of nitrogens with one attached hydrogen (secondary N) is 1. The van der Waals surface area contributed by atoms with Gasteiger partial charge in [0, 0.05) is 0 Å². The summed E-state index contributed by atoms with van der Waals surface area (Å²) in [7, 11) is 2.48. The van der Waals surface area contributed by atoms with Crippen molar-refractivity contribution in [1.82, 2.24) is 9.97 Å². The van der Waals surface area contributed by atoms with E-state index in [4.69, 9.17) is 21.1 Å². The molecule has 1 aromatic heterocycles. The first-order chi connectivity index (χ1) is 9.67. The van der Waals surface area contributed by atoms with Crippen LogP contribution in [0.5, 0.6) is 5.88 Å². The molecule has 9 heteroatoms. The molecule has 0 unspecified atom stereocenters. The van der Waals surface area contributed by atoms with Crippen LogP contribution in [0.15, 0.2) is 0 Å². The molecule has 21 heavy (non-hydrogen) atoms. The lowest BCUT2D eigenvalue weighted by Crippen LogP contribution is -2.28. The number of anilines is 1. The molecule has 8 nitrogen and oxygen atoms in total. The van der Waals surface area contributed by atoms with Gasteiger partial charge in [-0.15, -0.1) is 0 Å². The Kier molecular flexibility index (Phi) is 5.31. The molecule has 0 saturated heterocycles. The smallest absolute Gasteiger partial charge is 0.414 e. The molecule has 0 bridgehead atoms. The molecule has 0 radical (unpaired) electrons. The summed E-state index contributed by atoms with van der Waals surface area (Å²) >= 11 is 5.88. The molecule has 0 fully saturated rings.